The van der Waals surface area contributed by atoms with Crippen LogP contribution < -0.4 is 4.74 Å². The highest BCUT2D eigenvalue weighted by molar-refractivity contribution is 6.30. The van der Waals surface area contributed by atoms with E-state index < -0.39 is 5.97 Å². The van der Waals surface area contributed by atoms with Crippen LogP contribution in [-0.2, 0) is 14.3 Å². The van der Waals surface area contributed by atoms with Crippen LogP contribution in [-0.4, -0.2) is 27.0 Å². The minimum Gasteiger partial charge on any atom is -0.467 e. The van der Waals surface area contributed by atoms with E-state index in [2.05, 4.69) is 0 Å². The molecule has 0 saturated carbocycles. The first-order valence-corrected chi connectivity index (χ1v) is 7.71. The predicted molar refractivity (Wildman–Crippen MR) is 94.2 cm³/mol. The third-order valence-electron chi connectivity index (χ3n) is 3.38. The molecule has 0 aliphatic heterocycles. The van der Waals surface area contributed by atoms with Gasteiger partial charge in [-0.3, -0.25) is 0 Å². The van der Waals surface area contributed by atoms with Gasteiger partial charge in [0.05, 0.1) is 7.11 Å². The number of hydrogen-bond donors (Lipinski definition) is 0. The Kier molecular flexibility index (Phi) is 6.41. The lowest BCUT2D eigenvalue weighted by Crippen LogP contribution is -2.04. The largest absolute Gasteiger partial charge is 0.467 e. The minimum atomic E-state index is -0.445. The van der Waals surface area contributed by atoms with Crippen molar-refractivity contribution in [2.24, 2.45) is 0 Å². The number of hydrogen-bond acceptors (Lipinski definition) is 4. The number of rotatable bonds is 6. The second kappa shape index (κ2) is 8.52. The van der Waals surface area contributed by atoms with Gasteiger partial charge >= 0.3 is 5.97 Å². The zero-order chi connectivity index (χ0) is 17.5. The molecule has 0 radical (unpaired) electrons. The van der Waals surface area contributed by atoms with Crippen LogP contribution in [0.25, 0.3) is 5.57 Å². The Morgan fingerprint density at radius 2 is 1.83 bits per heavy atom. The van der Waals surface area contributed by atoms with Crippen LogP contribution in [0.15, 0.2) is 48.5 Å². The first-order chi connectivity index (χ1) is 11.5. The number of carbonyl (C=O) groups is 1. The lowest BCUT2D eigenvalue weighted by atomic mass is 9.95. The molecule has 2 aromatic rings. The van der Waals surface area contributed by atoms with E-state index in [0.29, 0.717) is 16.3 Å². The van der Waals surface area contributed by atoms with E-state index in [1.54, 1.807) is 19.2 Å². The molecule has 0 atom stereocenters. The molecule has 4 nitrogen and oxygen atoms in total. The third-order valence-corrected chi connectivity index (χ3v) is 3.63. The van der Waals surface area contributed by atoms with E-state index in [1.165, 1.54) is 13.2 Å². The van der Waals surface area contributed by atoms with Crippen LogP contribution >= 0.6 is 11.6 Å². The Labute approximate surface area is 146 Å². The van der Waals surface area contributed by atoms with Crippen molar-refractivity contribution in [2.45, 2.75) is 6.92 Å². The highest BCUT2D eigenvalue weighted by Gasteiger charge is 2.14. The number of halogens is 1. The van der Waals surface area contributed by atoms with Crippen molar-refractivity contribution in [1.82, 2.24) is 0 Å². The highest BCUT2D eigenvalue weighted by atomic mass is 35.5. The van der Waals surface area contributed by atoms with Crippen LogP contribution in [0.1, 0.15) is 16.7 Å². The number of carbonyl (C=O) groups excluding carboxylic acids is 1. The fourth-order valence-electron chi connectivity index (χ4n) is 2.23. The molecule has 0 unspecified atom stereocenters. The van der Waals surface area contributed by atoms with Crippen molar-refractivity contribution >= 4 is 23.1 Å². The van der Waals surface area contributed by atoms with Crippen molar-refractivity contribution in [3.63, 3.8) is 0 Å². The topological polar surface area (TPSA) is 44.8 Å². The van der Waals surface area contributed by atoms with Crippen LogP contribution in [0.2, 0.25) is 5.02 Å². The van der Waals surface area contributed by atoms with E-state index >= 15 is 0 Å². The van der Waals surface area contributed by atoms with Crippen LogP contribution in [0.4, 0.5) is 0 Å². The molecular formula is C19H19ClO4. The first-order valence-electron chi connectivity index (χ1n) is 7.33. The molecule has 0 spiro atoms. The highest BCUT2D eigenvalue weighted by Crippen LogP contribution is 2.32. The second-order valence-electron chi connectivity index (χ2n) is 5.14. The zero-order valence-electron chi connectivity index (χ0n) is 13.8. The van der Waals surface area contributed by atoms with E-state index in [-0.39, 0.29) is 6.79 Å². The van der Waals surface area contributed by atoms with Gasteiger partial charge in [0, 0.05) is 23.8 Å². The van der Waals surface area contributed by atoms with E-state index in [1.807, 2.05) is 37.3 Å². The Balaban J connectivity index is 2.59. The Morgan fingerprint density at radius 3 is 2.46 bits per heavy atom. The summed E-state index contributed by atoms with van der Waals surface area (Å²) >= 11 is 5.97. The Hall–Kier alpha value is -2.30. The summed E-state index contributed by atoms with van der Waals surface area (Å²) in [5.41, 5.74) is 3.34. The summed E-state index contributed by atoms with van der Waals surface area (Å²) in [6, 6.07) is 13.0. The van der Waals surface area contributed by atoms with Crippen molar-refractivity contribution < 1.29 is 19.0 Å². The number of ether oxygens (including phenoxy) is 3. The monoisotopic (exact) mass is 346 g/mol. The zero-order valence-corrected chi connectivity index (χ0v) is 14.6. The molecule has 0 fully saturated rings. The van der Waals surface area contributed by atoms with Gasteiger partial charge in [-0.05, 0) is 42.3 Å². The quantitative estimate of drug-likeness (QED) is 0.446. The summed E-state index contributed by atoms with van der Waals surface area (Å²) < 4.78 is 15.4. The summed E-state index contributed by atoms with van der Waals surface area (Å²) in [7, 11) is 2.90. The molecule has 0 N–H and O–H groups in total. The van der Waals surface area contributed by atoms with Crippen molar-refractivity contribution in [3.05, 3.63) is 70.3 Å². The third kappa shape index (κ3) is 4.60. The lowest BCUT2D eigenvalue weighted by molar-refractivity contribution is -0.134. The normalized spacial score (nSPS) is 11.2. The summed E-state index contributed by atoms with van der Waals surface area (Å²) in [6.07, 6.45) is 1.44. The lowest BCUT2D eigenvalue weighted by Gasteiger charge is -2.15. The molecule has 0 aliphatic carbocycles. The summed E-state index contributed by atoms with van der Waals surface area (Å²) in [4.78, 5) is 11.9. The van der Waals surface area contributed by atoms with Gasteiger partial charge in [-0.15, -0.1) is 0 Å². The number of methoxy groups -OCH3 is 2. The van der Waals surface area contributed by atoms with Crippen LogP contribution in [0, 0.1) is 6.92 Å². The van der Waals surface area contributed by atoms with Gasteiger partial charge < -0.3 is 14.2 Å². The fourth-order valence-corrected chi connectivity index (χ4v) is 2.35. The van der Waals surface area contributed by atoms with Gasteiger partial charge in [0.2, 0.25) is 0 Å². The number of benzene rings is 2. The van der Waals surface area contributed by atoms with Gasteiger partial charge in [0.15, 0.2) is 6.79 Å². The average Bonchev–Trinajstić information content (AvgIpc) is 2.59. The maximum atomic E-state index is 11.9. The first kappa shape index (κ1) is 18.0. The molecule has 5 heteroatoms. The molecule has 0 aliphatic rings. The molecule has 0 saturated heterocycles. The molecule has 2 aromatic carbocycles. The SMILES string of the molecule is COCOc1ccc(C)cc1C(=CC(=O)OC)c1ccc(Cl)cc1. The fraction of sp³-hybridized carbons (Fsp3) is 0.211. The molecule has 24 heavy (non-hydrogen) atoms. The predicted octanol–water partition coefficient (Wildman–Crippen LogP) is 4.24. The van der Waals surface area contributed by atoms with Crippen molar-refractivity contribution in [2.75, 3.05) is 21.0 Å². The van der Waals surface area contributed by atoms with Crippen molar-refractivity contribution in [3.8, 4) is 5.75 Å². The molecule has 0 bridgehead atoms. The van der Waals surface area contributed by atoms with E-state index in [4.69, 9.17) is 25.8 Å². The Morgan fingerprint density at radius 1 is 1.12 bits per heavy atom. The minimum absolute atomic E-state index is 0.113. The van der Waals surface area contributed by atoms with Crippen LogP contribution in [0.3, 0.4) is 0 Å². The maximum absolute atomic E-state index is 11.9. The van der Waals surface area contributed by atoms with Gasteiger partial charge in [0.1, 0.15) is 5.75 Å². The van der Waals surface area contributed by atoms with E-state index in [0.717, 1.165) is 16.7 Å². The van der Waals surface area contributed by atoms with Gasteiger partial charge in [0.25, 0.3) is 0 Å². The number of esters is 1. The number of aryl methyl sites for hydroxylation is 1. The standard InChI is InChI=1S/C19H19ClO4/c1-13-4-9-18(24-12-22-2)17(10-13)16(11-19(21)23-3)14-5-7-15(20)8-6-14/h4-11H,12H2,1-3H3. The summed E-state index contributed by atoms with van der Waals surface area (Å²) in [5.74, 6) is 0.173. The van der Waals surface area contributed by atoms with Gasteiger partial charge in [-0.1, -0.05) is 35.4 Å². The maximum Gasteiger partial charge on any atom is 0.331 e. The summed E-state index contributed by atoms with van der Waals surface area (Å²) in [5, 5.41) is 0.622. The smallest absolute Gasteiger partial charge is 0.331 e. The molecule has 0 heterocycles. The molecular weight excluding hydrogens is 328 g/mol. The molecule has 0 amide bonds. The average molecular weight is 347 g/mol. The summed E-state index contributed by atoms with van der Waals surface area (Å²) in [6.45, 7) is 2.09. The van der Waals surface area contributed by atoms with Crippen molar-refractivity contribution in [1.29, 1.82) is 0 Å². The molecule has 0 aromatic heterocycles. The van der Waals surface area contributed by atoms with Gasteiger partial charge in [-0.2, -0.15) is 0 Å². The molecule has 2 rings (SSSR count). The van der Waals surface area contributed by atoms with E-state index in [9.17, 15) is 4.79 Å². The van der Waals surface area contributed by atoms with Crippen LogP contribution in [0.5, 0.6) is 5.75 Å². The second-order valence-corrected chi connectivity index (χ2v) is 5.57. The van der Waals surface area contributed by atoms with Gasteiger partial charge in [-0.25, -0.2) is 4.79 Å². The molecule has 126 valence electrons. The Bertz CT molecular complexity index is 736.